The summed E-state index contributed by atoms with van der Waals surface area (Å²) >= 11 is 0. The number of sulfonamides is 4. The second-order valence-electron chi connectivity index (χ2n) is 25.8. The number of para-hydroxylation sites is 5. The first-order valence-electron chi connectivity index (χ1n) is 34.3. The molecule has 0 aliphatic heterocycles. The number of pyridine rings is 6. The highest BCUT2D eigenvalue weighted by molar-refractivity contribution is 7.93. The van der Waals surface area contributed by atoms with Gasteiger partial charge in [-0.25, -0.2) is 48.6 Å². The van der Waals surface area contributed by atoms with Crippen LogP contribution in [0.2, 0.25) is 0 Å². The number of aryl methyl sites for hydroxylation is 3. The third-order valence-corrected chi connectivity index (χ3v) is 22.5. The van der Waals surface area contributed by atoms with Gasteiger partial charge in [0, 0.05) is 81.6 Å². The summed E-state index contributed by atoms with van der Waals surface area (Å²) in [5.74, 6) is 0. The highest BCUT2D eigenvalue weighted by Gasteiger charge is 2.23. The maximum absolute atomic E-state index is 13.2. The largest absolute Gasteiger partial charge is 0.311 e. The molecule has 14 rings (SSSR count). The van der Waals surface area contributed by atoms with Crippen molar-refractivity contribution < 1.29 is 33.7 Å². The molecule has 25 heteroatoms. The molecule has 0 saturated carbocycles. The van der Waals surface area contributed by atoms with Crippen LogP contribution in [0.15, 0.2) is 263 Å². The Labute approximate surface area is 619 Å². The highest BCUT2D eigenvalue weighted by atomic mass is 32.2. The summed E-state index contributed by atoms with van der Waals surface area (Å²) in [5.41, 5.74) is 10.5. The van der Waals surface area contributed by atoms with E-state index in [-0.39, 0.29) is 19.6 Å². The molecule has 0 atom stereocenters. The Hall–Kier alpha value is -10.9. The molecular formula is C81H83N13O8S4. The fourth-order valence-electron chi connectivity index (χ4n) is 11.6. The first kappa shape index (κ1) is 76.2. The van der Waals surface area contributed by atoms with Gasteiger partial charge in [-0.05, 0) is 158 Å². The van der Waals surface area contributed by atoms with Crippen molar-refractivity contribution in [2.75, 3.05) is 53.6 Å². The minimum Gasteiger partial charge on any atom is -0.311 e. The number of nitrogens with one attached hydrogen (secondary N) is 5. The molecule has 6 aromatic heterocycles. The average molecular weight is 1490 g/mol. The Morgan fingerprint density at radius 2 is 0.736 bits per heavy atom. The second-order valence-corrected chi connectivity index (χ2v) is 32.5. The lowest BCUT2D eigenvalue weighted by Gasteiger charge is -2.14. The van der Waals surface area contributed by atoms with Gasteiger partial charge in [0.15, 0.2) is 0 Å². The molecule has 0 fully saturated rings. The zero-order valence-electron chi connectivity index (χ0n) is 60.0. The number of hydrogen-bond acceptors (Lipinski definition) is 17. The van der Waals surface area contributed by atoms with E-state index in [4.69, 9.17) is 0 Å². The number of unbranched alkanes of at least 4 members (excludes halogenated alkanes) is 1. The summed E-state index contributed by atoms with van der Waals surface area (Å²) in [6, 6.07) is 66.8. The van der Waals surface area contributed by atoms with Gasteiger partial charge in [0.1, 0.15) is 4.90 Å². The molecule has 0 aliphatic carbocycles. The topological polar surface area (TPSA) is 281 Å². The van der Waals surface area contributed by atoms with Crippen LogP contribution in [0.1, 0.15) is 60.6 Å². The fraction of sp³-hybridized carbons (Fsp3) is 0.185. The predicted octanol–water partition coefficient (Wildman–Crippen LogP) is 15.4. The van der Waals surface area contributed by atoms with E-state index in [1.807, 2.05) is 174 Å². The van der Waals surface area contributed by atoms with Crippen molar-refractivity contribution in [3.8, 4) is 0 Å². The molecule has 21 nitrogen and oxygen atoms in total. The Morgan fingerprint density at radius 1 is 0.358 bits per heavy atom. The Bertz CT molecular complexity index is 5750. The van der Waals surface area contributed by atoms with Crippen molar-refractivity contribution in [1.29, 1.82) is 0 Å². The first-order chi connectivity index (χ1) is 50.9. The fourth-order valence-corrected chi connectivity index (χ4v) is 16.3. The molecule has 0 bridgehead atoms. The van der Waals surface area contributed by atoms with E-state index in [0.29, 0.717) is 75.4 Å². The molecular weight excluding hydrogens is 1410 g/mol. The zero-order valence-corrected chi connectivity index (χ0v) is 63.3. The van der Waals surface area contributed by atoms with Crippen LogP contribution in [-0.4, -0.2) is 108 Å². The molecule has 0 radical (unpaired) electrons. The number of benzene rings is 8. The quantitative estimate of drug-likeness (QED) is 0.0394. The van der Waals surface area contributed by atoms with Crippen molar-refractivity contribution in [2.24, 2.45) is 0 Å². The first-order valence-corrected chi connectivity index (χ1v) is 40.3. The van der Waals surface area contributed by atoms with Crippen LogP contribution in [0.25, 0.3) is 65.3 Å². The van der Waals surface area contributed by atoms with Crippen LogP contribution in [-0.2, 0) is 66.1 Å². The number of hydrogen-bond donors (Lipinski definition) is 5. The van der Waals surface area contributed by atoms with E-state index < -0.39 is 40.1 Å². The summed E-state index contributed by atoms with van der Waals surface area (Å²) in [6.07, 6.45) is 7.90. The molecule has 0 saturated heterocycles. The van der Waals surface area contributed by atoms with Gasteiger partial charge in [0.05, 0.1) is 82.1 Å². The van der Waals surface area contributed by atoms with Crippen LogP contribution in [0.5, 0.6) is 0 Å². The van der Waals surface area contributed by atoms with E-state index in [2.05, 4.69) is 61.0 Å². The van der Waals surface area contributed by atoms with Crippen molar-refractivity contribution in [3.63, 3.8) is 0 Å². The molecule has 0 amide bonds. The second kappa shape index (κ2) is 33.9. The highest BCUT2D eigenvalue weighted by Crippen LogP contribution is 2.32. The van der Waals surface area contributed by atoms with Gasteiger partial charge < -0.3 is 15.1 Å². The smallest absolute Gasteiger partial charge is 0.264 e. The number of aromatic nitrogens is 6. The monoisotopic (exact) mass is 1490 g/mol. The van der Waals surface area contributed by atoms with Gasteiger partial charge >= 0.3 is 0 Å². The minimum absolute atomic E-state index is 0.145. The lowest BCUT2D eigenvalue weighted by atomic mass is 10.1. The van der Waals surface area contributed by atoms with Gasteiger partial charge in [-0.3, -0.25) is 33.8 Å². The number of nitrogens with zero attached hydrogens (tertiary/aromatic N) is 8. The number of fused-ring (bicyclic) bond motifs is 6. The molecule has 0 spiro atoms. The lowest BCUT2D eigenvalue weighted by Crippen LogP contribution is -2.16. The van der Waals surface area contributed by atoms with E-state index in [1.54, 1.807) is 128 Å². The normalized spacial score (nSPS) is 11.8. The maximum Gasteiger partial charge on any atom is 0.264 e. The summed E-state index contributed by atoms with van der Waals surface area (Å²) < 4.78 is 114. The summed E-state index contributed by atoms with van der Waals surface area (Å²) in [4.78, 5) is 31.8. The summed E-state index contributed by atoms with van der Waals surface area (Å²) in [6.45, 7) is 11.0. The van der Waals surface area contributed by atoms with Crippen molar-refractivity contribution >= 4 is 128 Å². The Morgan fingerprint density at radius 3 is 1.19 bits per heavy atom. The van der Waals surface area contributed by atoms with Crippen LogP contribution in [0.4, 0.5) is 22.7 Å². The van der Waals surface area contributed by atoms with Crippen LogP contribution < -0.4 is 24.2 Å². The minimum atomic E-state index is -3.83. The van der Waals surface area contributed by atoms with Crippen molar-refractivity contribution in [1.82, 2.24) is 45.0 Å². The van der Waals surface area contributed by atoms with Crippen molar-refractivity contribution in [2.45, 2.75) is 86.2 Å². The summed E-state index contributed by atoms with van der Waals surface area (Å²) in [5, 5.41) is 9.10. The lowest BCUT2D eigenvalue weighted by molar-refractivity contribution is 0.397. The molecule has 8 aromatic carbocycles. The third kappa shape index (κ3) is 19.1. The Kier molecular flexibility index (Phi) is 24.4. The van der Waals surface area contributed by atoms with Gasteiger partial charge in [0.25, 0.3) is 40.1 Å². The summed E-state index contributed by atoms with van der Waals surface area (Å²) in [7, 11) is -7.05. The number of anilines is 4. The standard InChI is InChI=1S/2C21H20N4O2S.C21H25N3O2S.C18H18N2O2S/c1-25(2)14-17-12-11-16-6-3-9-18(20(16)23-17)24-28(26,27)19-10-4-7-15-8-5-13-22-21(15)19;1-25(2)14-17-10-9-15-5-3-7-19(21(15)23-17)24-28(26,27)20-8-4-6-16-13-22-12-11-18(16)20;1-3-4-14-22-15-18-11-10-17-6-5-7-20(21(17)23-18)24-27(25,26)19-12-8-16(2)9-13-19;1-3-15-10-9-14-5-4-6-17(18(14)19-15)20-23(21,22)16-11-7-13(2)8-12-16/h2*3-13,24H,14H2,1-2H3;5-13,22,24H,3-4,14-15H2,1-2H3;4-12,20H,3H2,1-2H3. The van der Waals surface area contributed by atoms with E-state index in [0.717, 1.165) is 92.0 Å². The zero-order chi connectivity index (χ0) is 75.2. The van der Waals surface area contributed by atoms with E-state index >= 15 is 0 Å². The third-order valence-electron chi connectivity index (χ3n) is 16.9. The van der Waals surface area contributed by atoms with Gasteiger partial charge in [-0.1, -0.05) is 159 Å². The van der Waals surface area contributed by atoms with Crippen LogP contribution in [0.3, 0.4) is 0 Å². The molecule has 0 aliphatic rings. The molecule has 14 aromatic rings. The molecule has 106 heavy (non-hydrogen) atoms. The number of rotatable bonds is 22. The molecule has 0 unspecified atom stereocenters. The van der Waals surface area contributed by atoms with Crippen LogP contribution >= 0.6 is 0 Å². The average Bonchev–Trinajstić information content (AvgIpc) is 0.785. The Balaban J connectivity index is 0.000000141. The van der Waals surface area contributed by atoms with Gasteiger partial charge in [-0.2, -0.15) is 0 Å². The van der Waals surface area contributed by atoms with Gasteiger partial charge in [-0.15, -0.1) is 0 Å². The van der Waals surface area contributed by atoms with E-state index in [9.17, 15) is 33.7 Å². The van der Waals surface area contributed by atoms with Gasteiger partial charge in [0.2, 0.25) is 0 Å². The SMILES string of the molecule is CCCCNCc1ccc2cccc(NS(=O)(=O)c3ccc(C)cc3)c2n1.CCc1ccc2cccc(NS(=O)(=O)c3ccc(C)cc3)c2n1.CN(C)Cc1ccc2cccc(NS(=O)(=O)c3cccc4cccnc34)c2n1.CN(C)Cc1ccc2cccc(NS(=O)(=O)c3cccc4cnccc34)c2n1. The molecule has 6 heterocycles. The maximum atomic E-state index is 13.2. The van der Waals surface area contributed by atoms with Crippen LogP contribution in [0, 0.1) is 13.8 Å². The molecule has 544 valence electrons. The molecule has 5 N–H and O–H groups in total. The predicted molar refractivity (Wildman–Crippen MR) is 427 cm³/mol. The van der Waals surface area contributed by atoms with E-state index in [1.165, 1.54) is 0 Å². The van der Waals surface area contributed by atoms with Crippen molar-refractivity contribution in [3.05, 3.63) is 277 Å².